The molecule has 21 heavy (non-hydrogen) atoms. The van der Waals surface area contributed by atoms with Crippen molar-refractivity contribution in [3.63, 3.8) is 0 Å². The van der Waals surface area contributed by atoms with E-state index in [0.717, 1.165) is 41.6 Å². The van der Waals surface area contributed by atoms with Crippen LogP contribution in [0.4, 0.5) is 0 Å². The molecule has 3 nitrogen and oxygen atoms in total. The fourth-order valence-electron chi connectivity index (χ4n) is 2.11. The van der Waals surface area contributed by atoms with Crippen molar-refractivity contribution in [1.82, 2.24) is 5.32 Å². The maximum atomic E-state index is 6.09. The average molecular weight is 308 g/mol. The second kappa shape index (κ2) is 8.23. The predicted molar refractivity (Wildman–Crippen MR) is 85.4 cm³/mol. The summed E-state index contributed by atoms with van der Waals surface area (Å²) in [5.74, 6) is 1.81. The predicted octanol–water partition coefficient (Wildman–Crippen LogP) is 4.46. The first-order valence-corrected chi connectivity index (χ1v) is 7.68. The van der Waals surface area contributed by atoms with E-state index >= 15 is 0 Å². The van der Waals surface area contributed by atoms with Crippen molar-refractivity contribution >= 4 is 11.6 Å². The summed E-state index contributed by atoms with van der Waals surface area (Å²) < 4.78 is 11.4. The lowest BCUT2D eigenvalue weighted by molar-refractivity contribution is 0.0924. The van der Waals surface area contributed by atoms with Gasteiger partial charge in [-0.25, -0.2) is 0 Å². The maximum absolute atomic E-state index is 6.09. The van der Waals surface area contributed by atoms with Crippen molar-refractivity contribution in [2.24, 2.45) is 0 Å². The smallest absolute Gasteiger partial charge is 0.130 e. The molecule has 0 aliphatic carbocycles. The van der Waals surface area contributed by atoms with Gasteiger partial charge in [-0.05, 0) is 37.6 Å². The quantitative estimate of drug-likeness (QED) is 0.731. The summed E-state index contributed by atoms with van der Waals surface area (Å²) in [5, 5.41) is 4.11. The molecule has 0 spiro atoms. The van der Waals surface area contributed by atoms with E-state index in [1.54, 1.807) is 0 Å². The van der Waals surface area contributed by atoms with Crippen LogP contribution in [0, 0.1) is 6.92 Å². The molecule has 0 aliphatic heterocycles. The van der Waals surface area contributed by atoms with Gasteiger partial charge in [0.1, 0.15) is 18.1 Å². The highest BCUT2D eigenvalue weighted by Crippen LogP contribution is 2.18. The van der Waals surface area contributed by atoms with E-state index in [9.17, 15) is 0 Å². The minimum absolute atomic E-state index is 0.458. The Morgan fingerprint density at radius 1 is 1.19 bits per heavy atom. The van der Waals surface area contributed by atoms with Crippen molar-refractivity contribution in [2.45, 2.75) is 40.0 Å². The summed E-state index contributed by atoms with van der Waals surface area (Å²) in [6, 6.07) is 9.77. The number of furan rings is 1. The second-order valence-corrected chi connectivity index (χ2v) is 5.46. The van der Waals surface area contributed by atoms with Crippen molar-refractivity contribution in [3.05, 3.63) is 58.0 Å². The van der Waals surface area contributed by atoms with Gasteiger partial charge in [-0.2, -0.15) is 0 Å². The molecule has 0 atom stereocenters. The van der Waals surface area contributed by atoms with Crippen molar-refractivity contribution in [3.8, 4) is 0 Å². The molecular formula is C17H22ClNO2. The molecular weight excluding hydrogens is 286 g/mol. The van der Waals surface area contributed by atoms with Crippen molar-refractivity contribution in [2.75, 3.05) is 6.54 Å². The molecule has 0 saturated carbocycles. The van der Waals surface area contributed by atoms with Crippen LogP contribution >= 0.6 is 11.6 Å². The molecule has 0 radical (unpaired) electrons. The minimum Gasteiger partial charge on any atom is -0.464 e. The number of hydrogen-bond donors (Lipinski definition) is 1. The highest BCUT2D eigenvalue weighted by Gasteiger charge is 2.07. The van der Waals surface area contributed by atoms with Gasteiger partial charge in [-0.15, -0.1) is 0 Å². The fourth-order valence-corrected chi connectivity index (χ4v) is 2.30. The number of nitrogens with one attached hydrogen (secondary N) is 1. The first kappa shape index (κ1) is 16.1. The van der Waals surface area contributed by atoms with Gasteiger partial charge in [0.05, 0.1) is 6.61 Å². The lowest BCUT2D eigenvalue weighted by Gasteiger charge is -2.04. The molecule has 1 heterocycles. The number of halogens is 1. The van der Waals surface area contributed by atoms with E-state index in [1.807, 2.05) is 31.2 Å². The second-order valence-electron chi connectivity index (χ2n) is 5.06. The SMILES string of the molecule is CCCNCc1cc(COCc2ccccc2Cl)oc1C. The Labute approximate surface area is 131 Å². The largest absolute Gasteiger partial charge is 0.464 e. The highest BCUT2D eigenvalue weighted by atomic mass is 35.5. The molecule has 2 rings (SSSR count). The fraction of sp³-hybridized carbons (Fsp3) is 0.412. The lowest BCUT2D eigenvalue weighted by Crippen LogP contribution is -2.13. The van der Waals surface area contributed by atoms with Crippen LogP contribution in [-0.4, -0.2) is 6.54 Å². The monoisotopic (exact) mass is 307 g/mol. The average Bonchev–Trinajstić information content (AvgIpc) is 2.82. The normalized spacial score (nSPS) is 11.0. The third-order valence-electron chi connectivity index (χ3n) is 3.27. The zero-order valence-electron chi connectivity index (χ0n) is 12.6. The van der Waals surface area contributed by atoms with E-state index < -0.39 is 0 Å². The van der Waals surface area contributed by atoms with Gasteiger partial charge in [0.2, 0.25) is 0 Å². The summed E-state index contributed by atoms with van der Waals surface area (Å²) in [5.41, 5.74) is 2.19. The Kier molecular flexibility index (Phi) is 6.30. The van der Waals surface area contributed by atoms with Crippen LogP contribution in [0.15, 0.2) is 34.7 Å². The minimum atomic E-state index is 0.458. The van der Waals surface area contributed by atoms with Gasteiger partial charge >= 0.3 is 0 Å². The van der Waals surface area contributed by atoms with Crippen LogP contribution in [0.2, 0.25) is 5.02 Å². The first-order chi connectivity index (χ1) is 10.2. The third-order valence-corrected chi connectivity index (χ3v) is 3.64. The molecule has 1 aromatic heterocycles. The topological polar surface area (TPSA) is 34.4 Å². The molecule has 0 saturated heterocycles. The zero-order chi connectivity index (χ0) is 15.1. The van der Waals surface area contributed by atoms with Gasteiger partial charge < -0.3 is 14.5 Å². The third kappa shape index (κ3) is 4.88. The van der Waals surface area contributed by atoms with E-state index in [4.69, 9.17) is 20.8 Å². The Hall–Kier alpha value is -1.29. The van der Waals surface area contributed by atoms with Crippen LogP contribution in [0.5, 0.6) is 0 Å². The van der Waals surface area contributed by atoms with Gasteiger partial charge in [0, 0.05) is 17.1 Å². The van der Waals surface area contributed by atoms with Crippen molar-refractivity contribution in [1.29, 1.82) is 0 Å². The Bertz CT molecular complexity index is 566. The molecule has 0 amide bonds. The van der Waals surface area contributed by atoms with E-state index in [2.05, 4.69) is 18.3 Å². The van der Waals surface area contributed by atoms with Crippen LogP contribution in [-0.2, 0) is 24.5 Å². The molecule has 4 heteroatoms. The van der Waals surface area contributed by atoms with E-state index in [-0.39, 0.29) is 0 Å². The lowest BCUT2D eigenvalue weighted by atomic mass is 10.2. The number of hydrogen-bond acceptors (Lipinski definition) is 3. The molecule has 0 bridgehead atoms. The Balaban J connectivity index is 1.83. The number of aryl methyl sites for hydroxylation is 1. The van der Waals surface area contributed by atoms with E-state index in [0.29, 0.717) is 13.2 Å². The van der Waals surface area contributed by atoms with Crippen LogP contribution in [0.3, 0.4) is 0 Å². The van der Waals surface area contributed by atoms with Gasteiger partial charge in [0.15, 0.2) is 0 Å². The molecule has 114 valence electrons. The highest BCUT2D eigenvalue weighted by molar-refractivity contribution is 6.31. The summed E-state index contributed by atoms with van der Waals surface area (Å²) in [7, 11) is 0. The maximum Gasteiger partial charge on any atom is 0.130 e. The standard InChI is InChI=1S/C17H22ClNO2/c1-3-8-19-10-15-9-16(21-13(15)2)12-20-11-14-6-4-5-7-17(14)18/h4-7,9,19H,3,8,10-12H2,1-2H3. The van der Waals surface area contributed by atoms with Crippen LogP contribution in [0.1, 0.15) is 36.0 Å². The molecule has 0 aliphatic rings. The van der Waals surface area contributed by atoms with Gasteiger partial charge in [-0.1, -0.05) is 36.7 Å². The van der Waals surface area contributed by atoms with Gasteiger partial charge in [-0.3, -0.25) is 0 Å². The van der Waals surface area contributed by atoms with Crippen LogP contribution < -0.4 is 5.32 Å². The molecule has 1 aromatic carbocycles. The summed E-state index contributed by atoms with van der Waals surface area (Å²) in [6.45, 7) is 6.95. The zero-order valence-corrected chi connectivity index (χ0v) is 13.4. The van der Waals surface area contributed by atoms with Crippen molar-refractivity contribution < 1.29 is 9.15 Å². The summed E-state index contributed by atoms with van der Waals surface area (Å²) in [6.07, 6.45) is 1.13. The summed E-state index contributed by atoms with van der Waals surface area (Å²) >= 11 is 6.09. The first-order valence-electron chi connectivity index (χ1n) is 7.30. The molecule has 0 fully saturated rings. The number of ether oxygens (including phenoxy) is 1. The number of benzene rings is 1. The van der Waals surface area contributed by atoms with E-state index in [1.165, 1.54) is 5.56 Å². The van der Waals surface area contributed by atoms with Gasteiger partial charge in [0.25, 0.3) is 0 Å². The summed E-state index contributed by atoms with van der Waals surface area (Å²) in [4.78, 5) is 0. The molecule has 1 N–H and O–H groups in total. The Morgan fingerprint density at radius 2 is 2.00 bits per heavy atom. The molecule has 0 unspecified atom stereocenters. The number of rotatable bonds is 8. The van der Waals surface area contributed by atoms with Crippen LogP contribution in [0.25, 0.3) is 0 Å². The Morgan fingerprint density at radius 3 is 2.76 bits per heavy atom. The molecule has 2 aromatic rings.